The van der Waals surface area contributed by atoms with Gasteiger partial charge in [0.1, 0.15) is 22.7 Å². The number of ether oxygens (including phenoxy) is 1. The van der Waals surface area contributed by atoms with E-state index >= 15 is 0 Å². The second-order valence-corrected chi connectivity index (χ2v) is 14.1. The Kier molecular flexibility index (Phi) is 5.21. The Hall–Kier alpha value is -6.12. The summed E-state index contributed by atoms with van der Waals surface area (Å²) in [4.78, 5) is 0. The Morgan fingerprint density at radius 1 is 0.408 bits per heavy atom. The van der Waals surface area contributed by atoms with Crippen LogP contribution < -0.4 is 4.74 Å². The Labute approximate surface area is 283 Å². The molecule has 0 fully saturated rings. The minimum Gasteiger partial charge on any atom is -0.456 e. The summed E-state index contributed by atoms with van der Waals surface area (Å²) in [5, 5.41) is 7.22. The van der Waals surface area contributed by atoms with E-state index in [2.05, 4.69) is 141 Å². The van der Waals surface area contributed by atoms with Gasteiger partial charge in [-0.15, -0.1) is 0 Å². The number of furan rings is 1. The molecule has 9 aromatic rings. The predicted octanol–water partition coefficient (Wildman–Crippen LogP) is 13.3. The van der Waals surface area contributed by atoms with Crippen LogP contribution >= 0.6 is 0 Å². The maximum Gasteiger partial charge on any atom is 0.136 e. The highest BCUT2D eigenvalue weighted by Crippen LogP contribution is 2.53. The Balaban J connectivity index is 1.06. The fourth-order valence-corrected chi connectivity index (χ4v) is 8.65. The number of hydrogen-bond donors (Lipinski definition) is 0. The molecule has 0 radical (unpaired) electrons. The van der Waals surface area contributed by atoms with Gasteiger partial charge in [0.2, 0.25) is 0 Å². The third-order valence-electron chi connectivity index (χ3n) is 11.1. The normalized spacial score (nSPS) is 13.8. The van der Waals surface area contributed by atoms with Gasteiger partial charge in [0, 0.05) is 27.1 Å². The zero-order valence-electron chi connectivity index (χ0n) is 27.2. The molecule has 2 nitrogen and oxygen atoms in total. The summed E-state index contributed by atoms with van der Waals surface area (Å²) in [5.41, 5.74) is 14.3. The number of para-hydroxylation sites is 2. The molecule has 0 N–H and O–H groups in total. The molecule has 230 valence electrons. The van der Waals surface area contributed by atoms with Crippen LogP contribution in [0.15, 0.2) is 150 Å². The minimum atomic E-state index is -0.146. The summed E-state index contributed by atoms with van der Waals surface area (Å²) in [6.45, 7) is 4.74. The number of hydrogen-bond acceptors (Lipinski definition) is 2. The molecular formula is C47H30O2. The van der Waals surface area contributed by atoms with Crippen molar-refractivity contribution in [2.24, 2.45) is 0 Å². The van der Waals surface area contributed by atoms with Crippen LogP contribution in [0.2, 0.25) is 0 Å². The fourth-order valence-electron chi connectivity index (χ4n) is 8.65. The largest absolute Gasteiger partial charge is 0.456 e. The highest BCUT2D eigenvalue weighted by molar-refractivity contribution is 6.11. The van der Waals surface area contributed by atoms with E-state index in [4.69, 9.17) is 9.15 Å². The van der Waals surface area contributed by atoms with Crippen LogP contribution in [0.4, 0.5) is 0 Å². The van der Waals surface area contributed by atoms with E-state index in [-0.39, 0.29) is 5.41 Å². The summed E-state index contributed by atoms with van der Waals surface area (Å²) in [6, 6.07) is 52.8. The van der Waals surface area contributed by atoms with Crippen molar-refractivity contribution in [1.29, 1.82) is 0 Å². The molecule has 0 spiro atoms. The van der Waals surface area contributed by atoms with E-state index in [0.717, 1.165) is 39.0 Å². The van der Waals surface area contributed by atoms with Crippen molar-refractivity contribution < 1.29 is 9.15 Å². The molecule has 0 amide bonds. The van der Waals surface area contributed by atoms with Gasteiger partial charge in [-0.1, -0.05) is 111 Å². The van der Waals surface area contributed by atoms with Crippen molar-refractivity contribution in [3.8, 4) is 56.0 Å². The molecule has 8 aromatic carbocycles. The van der Waals surface area contributed by atoms with Gasteiger partial charge in [0.15, 0.2) is 0 Å². The SMILES string of the molecule is CC1(C)c2cc(-c3ccc4c5c(cccc35)-c3ccccc3O4)ccc2-c2cc3c(-c4ccc5c(c4)oc4ccccc45)cccc3cc21. The first kappa shape index (κ1) is 26.9. The second kappa shape index (κ2) is 9.49. The van der Waals surface area contributed by atoms with Crippen LogP contribution in [0.3, 0.4) is 0 Å². The van der Waals surface area contributed by atoms with Crippen LogP contribution in [-0.2, 0) is 5.41 Å². The van der Waals surface area contributed by atoms with Crippen molar-refractivity contribution in [3.63, 3.8) is 0 Å². The molecule has 1 aliphatic carbocycles. The number of rotatable bonds is 2. The molecule has 49 heavy (non-hydrogen) atoms. The average Bonchev–Trinajstić information content (AvgIpc) is 3.61. The Bertz CT molecular complexity index is 2880. The van der Waals surface area contributed by atoms with Gasteiger partial charge >= 0.3 is 0 Å². The molecule has 0 saturated heterocycles. The zero-order valence-corrected chi connectivity index (χ0v) is 27.2. The van der Waals surface area contributed by atoms with E-state index in [0.29, 0.717) is 0 Å². The van der Waals surface area contributed by atoms with Crippen molar-refractivity contribution >= 4 is 43.5 Å². The molecule has 2 heterocycles. The van der Waals surface area contributed by atoms with Crippen molar-refractivity contribution in [2.75, 3.05) is 0 Å². The lowest BCUT2D eigenvalue weighted by atomic mass is 9.80. The van der Waals surface area contributed by atoms with E-state index in [1.165, 1.54) is 71.6 Å². The molecule has 0 atom stereocenters. The number of fused-ring (bicyclic) bond motifs is 9. The van der Waals surface area contributed by atoms with Gasteiger partial charge in [0.25, 0.3) is 0 Å². The lowest BCUT2D eigenvalue weighted by molar-refractivity contribution is 0.487. The van der Waals surface area contributed by atoms with E-state index < -0.39 is 0 Å². The summed E-state index contributed by atoms with van der Waals surface area (Å²) < 4.78 is 12.7. The van der Waals surface area contributed by atoms with Gasteiger partial charge < -0.3 is 9.15 Å². The summed E-state index contributed by atoms with van der Waals surface area (Å²) in [5.74, 6) is 1.84. The van der Waals surface area contributed by atoms with Crippen molar-refractivity contribution in [2.45, 2.75) is 19.3 Å². The lowest BCUT2D eigenvalue weighted by Crippen LogP contribution is -2.15. The maximum absolute atomic E-state index is 6.40. The quantitative estimate of drug-likeness (QED) is 0.190. The second-order valence-electron chi connectivity index (χ2n) is 14.1. The minimum absolute atomic E-state index is 0.146. The molecule has 1 aliphatic heterocycles. The molecule has 2 heteroatoms. The molecule has 1 aromatic heterocycles. The van der Waals surface area contributed by atoms with Crippen LogP contribution in [0, 0.1) is 0 Å². The lowest BCUT2D eigenvalue weighted by Gasteiger charge is -2.24. The van der Waals surface area contributed by atoms with Gasteiger partial charge in [-0.2, -0.15) is 0 Å². The Morgan fingerprint density at radius 3 is 2.06 bits per heavy atom. The first-order valence-electron chi connectivity index (χ1n) is 17.0. The molecule has 0 bridgehead atoms. The smallest absolute Gasteiger partial charge is 0.136 e. The summed E-state index contributed by atoms with van der Waals surface area (Å²) in [6.07, 6.45) is 0. The maximum atomic E-state index is 6.40. The Morgan fingerprint density at radius 2 is 1.10 bits per heavy atom. The van der Waals surface area contributed by atoms with Gasteiger partial charge in [-0.3, -0.25) is 0 Å². The molecule has 2 aliphatic rings. The van der Waals surface area contributed by atoms with E-state index in [1.807, 2.05) is 18.2 Å². The van der Waals surface area contributed by atoms with Crippen LogP contribution in [0.1, 0.15) is 25.0 Å². The van der Waals surface area contributed by atoms with Crippen LogP contribution in [0.25, 0.3) is 88.0 Å². The van der Waals surface area contributed by atoms with E-state index in [1.54, 1.807) is 0 Å². The third-order valence-corrected chi connectivity index (χ3v) is 11.1. The first-order valence-corrected chi connectivity index (χ1v) is 17.0. The zero-order chi connectivity index (χ0) is 32.4. The summed E-state index contributed by atoms with van der Waals surface area (Å²) >= 11 is 0. The molecule has 0 unspecified atom stereocenters. The number of benzene rings is 8. The molecule has 11 rings (SSSR count). The fraction of sp³-hybridized carbons (Fsp3) is 0.0638. The monoisotopic (exact) mass is 626 g/mol. The topological polar surface area (TPSA) is 22.4 Å². The first-order chi connectivity index (χ1) is 24.0. The standard InChI is InChI=1S/C47H30O2/c1-47(2)40-24-28(31-21-22-44-46-36(31)13-8-14-37(46)34-11-4-6-16-43(34)48-44)17-19-32(40)39-26-38-27(23-41(39)47)9-7-12-30(38)29-18-20-35-33-10-3-5-15-42(33)49-45(35)25-29/h3-26H,1-2H3. The third kappa shape index (κ3) is 3.66. The van der Waals surface area contributed by atoms with Crippen molar-refractivity contribution in [1.82, 2.24) is 0 Å². The average molecular weight is 627 g/mol. The molecular weight excluding hydrogens is 597 g/mol. The van der Waals surface area contributed by atoms with Gasteiger partial charge in [0.05, 0.1) is 0 Å². The van der Waals surface area contributed by atoms with Gasteiger partial charge in [-0.25, -0.2) is 0 Å². The van der Waals surface area contributed by atoms with Gasteiger partial charge in [-0.05, 0) is 115 Å². The highest BCUT2D eigenvalue weighted by atomic mass is 16.5. The molecule has 0 saturated carbocycles. The van der Waals surface area contributed by atoms with Crippen LogP contribution in [-0.4, -0.2) is 0 Å². The van der Waals surface area contributed by atoms with Crippen LogP contribution in [0.5, 0.6) is 11.5 Å². The predicted molar refractivity (Wildman–Crippen MR) is 203 cm³/mol. The van der Waals surface area contributed by atoms with E-state index in [9.17, 15) is 0 Å². The highest BCUT2D eigenvalue weighted by Gasteiger charge is 2.36. The summed E-state index contributed by atoms with van der Waals surface area (Å²) in [7, 11) is 0. The van der Waals surface area contributed by atoms with Crippen molar-refractivity contribution in [3.05, 3.63) is 157 Å².